The van der Waals surface area contributed by atoms with Gasteiger partial charge in [0.2, 0.25) is 5.91 Å². The quantitative estimate of drug-likeness (QED) is 0.369. The topological polar surface area (TPSA) is 58.5 Å². The summed E-state index contributed by atoms with van der Waals surface area (Å²) in [5, 5.41) is 5.94. The van der Waals surface area contributed by atoms with Crippen LogP contribution < -0.4 is 5.32 Å². The van der Waals surface area contributed by atoms with Gasteiger partial charge in [-0.3, -0.25) is 4.79 Å². The number of carbonyl (C=O) groups is 1. The van der Waals surface area contributed by atoms with Crippen LogP contribution in [0.2, 0.25) is 0 Å². The lowest BCUT2D eigenvalue weighted by molar-refractivity contribution is -0.132. The Balaban J connectivity index is 4.50. The molecule has 0 saturated heterocycles. The third kappa shape index (κ3) is 8.18. The van der Waals surface area contributed by atoms with Gasteiger partial charge in [-0.15, -0.1) is 0 Å². The van der Waals surface area contributed by atoms with Crippen LogP contribution >= 0.6 is 0 Å². The van der Waals surface area contributed by atoms with Crippen molar-refractivity contribution in [3.8, 4) is 0 Å². The number of amides is 1. The number of nitroso groups, excluding NO2 is 1. The number of rotatable bonds is 14. The average Bonchev–Trinajstić information content (AvgIpc) is 2.47. The Hall–Kier alpha value is -0.930. The van der Waals surface area contributed by atoms with Gasteiger partial charge >= 0.3 is 0 Å². The molecule has 0 heterocycles. The predicted octanol–water partition coefficient (Wildman–Crippen LogP) is 4.82. The van der Waals surface area contributed by atoms with E-state index in [9.17, 15) is 9.70 Å². The molecular weight excluding hydrogens is 264 g/mol. The lowest BCUT2D eigenvalue weighted by Gasteiger charge is -2.32. The number of nitrogens with zero attached hydrogens (tertiary/aromatic N) is 1. The number of carbonyl (C=O) groups excluding carboxylic acids is 1. The van der Waals surface area contributed by atoms with Crippen LogP contribution in [0.1, 0.15) is 85.0 Å². The zero-order valence-corrected chi connectivity index (χ0v) is 14.2. The number of nitrogens with one attached hydrogen (secondary N) is 1. The molecule has 0 atom stereocenters. The molecule has 0 aromatic carbocycles. The monoisotopic (exact) mass is 298 g/mol. The van der Waals surface area contributed by atoms with Gasteiger partial charge < -0.3 is 5.32 Å². The normalized spacial score (nSPS) is 11.4. The Labute approximate surface area is 130 Å². The maximum absolute atomic E-state index is 12.7. The van der Waals surface area contributed by atoms with E-state index in [0.29, 0.717) is 13.1 Å². The van der Waals surface area contributed by atoms with Gasteiger partial charge in [0.25, 0.3) is 0 Å². The van der Waals surface area contributed by atoms with Crippen LogP contribution in [0.3, 0.4) is 0 Å². The maximum atomic E-state index is 12.7. The molecule has 0 bridgehead atoms. The third-order valence-corrected chi connectivity index (χ3v) is 4.16. The van der Waals surface area contributed by atoms with Gasteiger partial charge in [0, 0.05) is 12.0 Å². The molecule has 0 aromatic heterocycles. The largest absolute Gasteiger partial charge is 0.356 e. The minimum absolute atomic E-state index is 0.179. The zero-order valence-electron chi connectivity index (χ0n) is 14.2. The highest BCUT2D eigenvalue weighted by atomic mass is 16.3. The highest BCUT2D eigenvalue weighted by molar-refractivity contribution is 5.82. The molecule has 0 aliphatic heterocycles. The molecule has 0 spiro atoms. The van der Waals surface area contributed by atoms with E-state index in [1.807, 2.05) is 0 Å². The minimum Gasteiger partial charge on any atom is -0.356 e. The van der Waals surface area contributed by atoms with E-state index < -0.39 is 0 Å². The number of unbranched alkanes of at least 4 members (excludes halogenated alkanes) is 3. The lowest BCUT2D eigenvalue weighted by Crippen LogP contribution is -2.41. The number of hydrogen-bond donors (Lipinski definition) is 1. The zero-order chi connectivity index (χ0) is 16.0. The second kappa shape index (κ2) is 12.8. The van der Waals surface area contributed by atoms with Crippen LogP contribution in [0.4, 0.5) is 0 Å². The van der Waals surface area contributed by atoms with Crippen molar-refractivity contribution in [3.05, 3.63) is 4.91 Å². The highest BCUT2D eigenvalue weighted by Crippen LogP contribution is 2.36. The molecule has 21 heavy (non-hydrogen) atoms. The summed E-state index contributed by atoms with van der Waals surface area (Å²) < 4.78 is 0. The summed E-state index contributed by atoms with van der Waals surface area (Å²) in [6.07, 6.45) is 10.2. The van der Waals surface area contributed by atoms with Crippen LogP contribution in [0.15, 0.2) is 5.18 Å². The number of hydrogen-bond acceptors (Lipinski definition) is 3. The second-order valence-electron chi connectivity index (χ2n) is 6.05. The first kappa shape index (κ1) is 20.1. The van der Waals surface area contributed by atoms with Crippen molar-refractivity contribution in [2.45, 2.75) is 85.0 Å². The van der Waals surface area contributed by atoms with E-state index in [4.69, 9.17) is 0 Å². The molecule has 124 valence electrons. The van der Waals surface area contributed by atoms with Crippen molar-refractivity contribution in [3.63, 3.8) is 0 Å². The van der Waals surface area contributed by atoms with Crippen LogP contribution in [0.5, 0.6) is 0 Å². The van der Waals surface area contributed by atoms with Gasteiger partial charge in [-0.2, -0.15) is 4.91 Å². The molecule has 0 unspecified atom stereocenters. The smallest absolute Gasteiger partial charge is 0.226 e. The first-order chi connectivity index (χ1) is 10.2. The molecule has 0 rings (SSSR count). The van der Waals surface area contributed by atoms with Crippen molar-refractivity contribution in [1.82, 2.24) is 5.32 Å². The summed E-state index contributed by atoms with van der Waals surface area (Å²) in [6.45, 7) is 7.53. The van der Waals surface area contributed by atoms with Gasteiger partial charge in [-0.05, 0) is 32.1 Å². The Kier molecular flexibility index (Phi) is 12.2. The van der Waals surface area contributed by atoms with Crippen molar-refractivity contribution < 1.29 is 4.79 Å². The predicted molar refractivity (Wildman–Crippen MR) is 89.3 cm³/mol. The fourth-order valence-electron chi connectivity index (χ4n) is 3.08. The van der Waals surface area contributed by atoms with Crippen LogP contribution in [0.25, 0.3) is 0 Å². The van der Waals surface area contributed by atoms with Crippen molar-refractivity contribution in [1.29, 1.82) is 0 Å². The van der Waals surface area contributed by atoms with Gasteiger partial charge in [0.05, 0.1) is 6.54 Å². The van der Waals surface area contributed by atoms with E-state index in [1.165, 1.54) is 12.8 Å². The Morgan fingerprint density at radius 1 is 0.905 bits per heavy atom. The fourth-order valence-corrected chi connectivity index (χ4v) is 3.08. The van der Waals surface area contributed by atoms with Crippen LogP contribution in [-0.2, 0) is 4.79 Å². The standard InChI is InChI=1S/C17H34N2O2/c1-4-7-8-13-17(11-5-2,12-6-3)16(20)18-14-9-10-15-19-21/h4-15H2,1-3H3,(H,18,20). The van der Waals surface area contributed by atoms with Crippen molar-refractivity contribution >= 4 is 5.91 Å². The molecule has 0 fully saturated rings. The summed E-state index contributed by atoms with van der Waals surface area (Å²) in [6, 6.07) is 0. The average molecular weight is 298 g/mol. The van der Waals surface area contributed by atoms with Gasteiger partial charge in [-0.25, -0.2) is 0 Å². The molecule has 0 aliphatic rings. The second-order valence-corrected chi connectivity index (χ2v) is 6.05. The summed E-state index contributed by atoms with van der Waals surface area (Å²) in [5.41, 5.74) is -0.179. The fraction of sp³-hybridized carbons (Fsp3) is 0.941. The van der Waals surface area contributed by atoms with E-state index >= 15 is 0 Å². The van der Waals surface area contributed by atoms with Crippen LogP contribution in [-0.4, -0.2) is 19.0 Å². The lowest BCUT2D eigenvalue weighted by atomic mass is 9.74. The summed E-state index contributed by atoms with van der Waals surface area (Å²) in [5.74, 6) is 0.223. The third-order valence-electron chi connectivity index (χ3n) is 4.16. The molecule has 0 saturated carbocycles. The summed E-state index contributed by atoms with van der Waals surface area (Å²) in [4.78, 5) is 22.7. The van der Waals surface area contributed by atoms with Gasteiger partial charge in [0.15, 0.2) is 0 Å². The Bertz CT molecular complexity index is 274. The Morgan fingerprint density at radius 2 is 1.57 bits per heavy atom. The van der Waals surface area contributed by atoms with E-state index in [2.05, 4.69) is 31.3 Å². The summed E-state index contributed by atoms with van der Waals surface area (Å²) >= 11 is 0. The molecule has 0 radical (unpaired) electrons. The van der Waals surface area contributed by atoms with E-state index in [0.717, 1.165) is 51.4 Å². The van der Waals surface area contributed by atoms with Gasteiger partial charge in [-0.1, -0.05) is 58.1 Å². The highest BCUT2D eigenvalue weighted by Gasteiger charge is 2.35. The molecule has 4 nitrogen and oxygen atoms in total. The molecule has 0 aromatic rings. The van der Waals surface area contributed by atoms with E-state index in [-0.39, 0.29) is 11.3 Å². The first-order valence-electron chi connectivity index (χ1n) is 8.74. The SMILES string of the molecule is CCCCCC(CCC)(CCC)C(=O)NCCCCN=O. The molecule has 1 amide bonds. The molecule has 1 N–H and O–H groups in total. The van der Waals surface area contributed by atoms with Crippen molar-refractivity contribution in [2.75, 3.05) is 13.1 Å². The minimum atomic E-state index is -0.179. The molecule has 0 aliphatic carbocycles. The summed E-state index contributed by atoms with van der Waals surface area (Å²) in [7, 11) is 0. The maximum Gasteiger partial charge on any atom is 0.226 e. The van der Waals surface area contributed by atoms with Crippen LogP contribution in [0, 0.1) is 10.3 Å². The molecule has 4 heteroatoms. The Morgan fingerprint density at radius 3 is 2.10 bits per heavy atom. The van der Waals surface area contributed by atoms with E-state index in [1.54, 1.807) is 0 Å². The first-order valence-corrected chi connectivity index (χ1v) is 8.74. The van der Waals surface area contributed by atoms with Gasteiger partial charge in [0.1, 0.15) is 0 Å². The van der Waals surface area contributed by atoms with Crippen molar-refractivity contribution in [2.24, 2.45) is 10.6 Å². The molecular formula is C17H34N2O2.